The second-order valence-electron chi connectivity index (χ2n) is 9.52. The Morgan fingerprint density at radius 2 is 1.34 bits per heavy atom. The summed E-state index contributed by atoms with van der Waals surface area (Å²) in [5.74, 6) is 0.629. The van der Waals surface area contributed by atoms with E-state index in [4.69, 9.17) is 0 Å². The van der Waals surface area contributed by atoms with Gasteiger partial charge in [0.25, 0.3) is 0 Å². The lowest BCUT2D eigenvalue weighted by atomic mass is 9.88. The maximum absolute atomic E-state index is 13.3. The normalized spacial score (nSPS) is 14.9. The Bertz CT molecular complexity index is 1110. The highest BCUT2D eigenvalue weighted by atomic mass is 32.2. The third-order valence-electron chi connectivity index (χ3n) is 6.54. The quantitative estimate of drug-likeness (QED) is 0.319. The minimum Gasteiger partial charge on any atom is -0.326 e. The molecule has 3 aromatic rings. The van der Waals surface area contributed by atoms with E-state index >= 15 is 0 Å². The van der Waals surface area contributed by atoms with Crippen molar-refractivity contribution < 1.29 is 9.59 Å². The summed E-state index contributed by atoms with van der Waals surface area (Å²) in [4.78, 5) is 26.9. The van der Waals surface area contributed by atoms with Gasteiger partial charge in [0.15, 0.2) is 0 Å². The molecule has 2 N–H and O–H groups in total. The van der Waals surface area contributed by atoms with E-state index in [9.17, 15) is 9.59 Å². The van der Waals surface area contributed by atoms with Gasteiger partial charge < -0.3 is 10.6 Å². The highest BCUT2D eigenvalue weighted by Crippen LogP contribution is 2.37. The van der Waals surface area contributed by atoms with Crippen molar-refractivity contribution in [2.24, 2.45) is 5.92 Å². The second-order valence-corrected chi connectivity index (χ2v) is 10.7. The molecule has 182 valence electrons. The highest BCUT2D eigenvalue weighted by Gasteiger charge is 2.23. The van der Waals surface area contributed by atoms with Crippen LogP contribution in [0.1, 0.15) is 68.2 Å². The summed E-state index contributed by atoms with van der Waals surface area (Å²) in [6.45, 7) is 4.31. The summed E-state index contributed by atoms with van der Waals surface area (Å²) in [5.41, 5.74) is 3.79. The molecule has 0 aromatic heterocycles. The summed E-state index contributed by atoms with van der Waals surface area (Å²) < 4.78 is 0. The third-order valence-corrected chi connectivity index (χ3v) is 7.80. The Morgan fingerprint density at radius 3 is 1.97 bits per heavy atom. The molecule has 0 radical (unpaired) electrons. The molecule has 0 saturated heterocycles. The molecule has 1 aliphatic carbocycles. The summed E-state index contributed by atoms with van der Waals surface area (Å²) >= 11 is 1.51. The molecular weight excluding hydrogens is 452 g/mol. The number of carbonyl (C=O) groups excluding carboxylic acids is 2. The molecule has 1 saturated carbocycles. The second kappa shape index (κ2) is 12.1. The van der Waals surface area contributed by atoms with Crippen LogP contribution < -0.4 is 10.6 Å². The molecule has 1 aliphatic rings. The van der Waals surface area contributed by atoms with Gasteiger partial charge in [0.05, 0.1) is 0 Å². The van der Waals surface area contributed by atoms with Crippen molar-refractivity contribution in [1.29, 1.82) is 0 Å². The Kier molecular flexibility index (Phi) is 8.64. The van der Waals surface area contributed by atoms with Crippen molar-refractivity contribution >= 4 is 35.0 Å². The molecule has 3 aromatic carbocycles. The van der Waals surface area contributed by atoms with Gasteiger partial charge in [-0.2, -0.15) is 0 Å². The Morgan fingerprint density at radius 1 is 0.743 bits per heavy atom. The van der Waals surface area contributed by atoms with Crippen LogP contribution in [0.4, 0.5) is 11.4 Å². The van der Waals surface area contributed by atoms with Gasteiger partial charge in [-0.25, -0.2) is 0 Å². The van der Waals surface area contributed by atoms with Gasteiger partial charge in [-0.15, -0.1) is 11.8 Å². The monoisotopic (exact) mass is 486 g/mol. The van der Waals surface area contributed by atoms with Crippen molar-refractivity contribution in [1.82, 2.24) is 0 Å². The van der Waals surface area contributed by atoms with Crippen molar-refractivity contribution in [2.75, 3.05) is 10.6 Å². The standard InChI is InChI=1S/C30H34N2O2S/c1-21(2)22-13-15-25(16-14-22)32-30(34)28(23-9-5-3-6-10-23)35-27-19-17-26(18-20-27)31-29(33)24-11-7-4-8-12-24/h3,5-6,9-10,13-21,24,28H,4,7-8,11-12H2,1-2H3,(H,31,33)(H,32,34). The topological polar surface area (TPSA) is 58.2 Å². The number of thioether (sulfide) groups is 1. The number of anilines is 2. The predicted octanol–water partition coefficient (Wildman–Crippen LogP) is 7.80. The molecule has 5 heteroatoms. The zero-order valence-corrected chi connectivity index (χ0v) is 21.3. The summed E-state index contributed by atoms with van der Waals surface area (Å²) in [5, 5.41) is 5.75. The molecular formula is C30H34N2O2S. The molecule has 2 amide bonds. The SMILES string of the molecule is CC(C)c1ccc(NC(=O)C(Sc2ccc(NC(=O)C3CCCCC3)cc2)c2ccccc2)cc1. The smallest absolute Gasteiger partial charge is 0.242 e. The van der Waals surface area contributed by atoms with Gasteiger partial charge in [-0.05, 0) is 66.3 Å². The Balaban J connectivity index is 1.44. The first kappa shape index (κ1) is 25.1. The van der Waals surface area contributed by atoms with E-state index < -0.39 is 5.25 Å². The maximum atomic E-state index is 13.3. The molecule has 1 fully saturated rings. The van der Waals surface area contributed by atoms with Crippen LogP contribution in [0.5, 0.6) is 0 Å². The first-order chi connectivity index (χ1) is 17.0. The zero-order valence-electron chi connectivity index (χ0n) is 20.5. The fraction of sp³-hybridized carbons (Fsp3) is 0.333. The number of nitrogens with one attached hydrogen (secondary N) is 2. The van der Waals surface area contributed by atoms with Crippen LogP contribution in [-0.4, -0.2) is 11.8 Å². The summed E-state index contributed by atoms with van der Waals surface area (Å²) in [6, 6.07) is 25.7. The molecule has 1 unspecified atom stereocenters. The minimum absolute atomic E-state index is 0.0619. The largest absolute Gasteiger partial charge is 0.326 e. The van der Waals surface area contributed by atoms with Crippen molar-refractivity contribution in [3.8, 4) is 0 Å². The van der Waals surface area contributed by atoms with Gasteiger partial charge in [0.1, 0.15) is 5.25 Å². The zero-order chi connectivity index (χ0) is 24.6. The predicted molar refractivity (Wildman–Crippen MR) is 146 cm³/mol. The van der Waals surface area contributed by atoms with Gasteiger partial charge >= 0.3 is 0 Å². The fourth-order valence-electron chi connectivity index (χ4n) is 4.42. The molecule has 0 heterocycles. The number of hydrogen-bond donors (Lipinski definition) is 2. The maximum Gasteiger partial charge on any atom is 0.242 e. The van der Waals surface area contributed by atoms with Crippen LogP contribution in [0.2, 0.25) is 0 Å². The van der Waals surface area contributed by atoms with Crippen LogP contribution in [0.3, 0.4) is 0 Å². The van der Waals surface area contributed by atoms with Crippen molar-refractivity contribution in [2.45, 2.75) is 62.0 Å². The number of hydrogen-bond acceptors (Lipinski definition) is 3. The van der Waals surface area contributed by atoms with Crippen LogP contribution in [0.15, 0.2) is 83.8 Å². The highest BCUT2D eigenvalue weighted by molar-refractivity contribution is 8.00. The van der Waals surface area contributed by atoms with E-state index in [-0.39, 0.29) is 17.7 Å². The lowest BCUT2D eigenvalue weighted by molar-refractivity contribution is -0.120. The minimum atomic E-state index is -0.399. The molecule has 1 atom stereocenters. The van der Waals surface area contributed by atoms with E-state index in [1.165, 1.54) is 23.7 Å². The van der Waals surface area contributed by atoms with Gasteiger partial charge in [0.2, 0.25) is 11.8 Å². The molecule has 0 bridgehead atoms. The average molecular weight is 487 g/mol. The molecule has 35 heavy (non-hydrogen) atoms. The van der Waals surface area contributed by atoms with E-state index in [1.807, 2.05) is 66.7 Å². The fourth-order valence-corrected chi connectivity index (χ4v) is 5.45. The molecule has 4 nitrogen and oxygen atoms in total. The van der Waals surface area contributed by atoms with Crippen LogP contribution in [0.25, 0.3) is 0 Å². The van der Waals surface area contributed by atoms with E-state index in [0.717, 1.165) is 47.5 Å². The number of benzene rings is 3. The van der Waals surface area contributed by atoms with E-state index in [2.05, 4.69) is 36.6 Å². The lowest BCUT2D eigenvalue weighted by Gasteiger charge is -2.21. The lowest BCUT2D eigenvalue weighted by Crippen LogP contribution is -2.24. The van der Waals surface area contributed by atoms with Crippen molar-refractivity contribution in [3.05, 3.63) is 90.0 Å². The van der Waals surface area contributed by atoms with E-state index in [1.54, 1.807) is 0 Å². The Labute approximate surface area is 212 Å². The van der Waals surface area contributed by atoms with Crippen LogP contribution >= 0.6 is 11.8 Å². The third kappa shape index (κ3) is 6.98. The first-order valence-corrected chi connectivity index (χ1v) is 13.4. The average Bonchev–Trinajstić information content (AvgIpc) is 2.89. The molecule has 0 aliphatic heterocycles. The summed E-state index contributed by atoms with van der Waals surface area (Å²) in [7, 11) is 0. The van der Waals surface area contributed by atoms with Crippen molar-refractivity contribution in [3.63, 3.8) is 0 Å². The van der Waals surface area contributed by atoms with Gasteiger partial charge in [-0.3, -0.25) is 9.59 Å². The molecule has 0 spiro atoms. The molecule has 4 rings (SSSR count). The summed E-state index contributed by atoms with van der Waals surface area (Å²) in [6.07, 6.45) is 5.47. The Hall–Kier alpha value is -3.05. The van der Waals surface area contributed by atoms with Crippen LogP contribution in [-0.2, 0) is 9.59 Å². The van der Waals surface area contributed by atoms with Gasteiger partial charge in [0, 0.05) is 22.2 Å². The number of amides is 2. The van der Waals surface area contributed by atoms with Gasteiger partial charge in [-0.1, -0.05) is 75.6 Å². The first-order valence-electron chi connectivity index (χ1n) is 12.5. The number of rotatable bonds is 8. The number of carbonyl (C=O) groups is 2. The van der Waals surface area contributed by atoms with Crippen LogP contribution in [0, 0.1) is 5.92 Å². The van der Waals surface area contributed by atoms with E-state index in [0.29, 0.717) is 5.92 Å².